The summed E-state index contributed by atoms with van der Waals surface area (Å²) in [6, 6.07) is 6.86. The number of nitrogens with zero attached hydrogens (tertiary/aromatic N) is 2. The van der Waals surface area contributed by atoms with Gasteiger partial charge < -0.3 is 24.3 Å². The van der Waals surface area contributed by atoms with E-state index in [9.17, 15) is 19.5 Å². The van der Waals surface area contributed by atoms with E-state index < -0.39 is 17.5 Å². The van der Waals surface area contributed by atoms with Crippen LogP contribution in [0.3, 0.4) is 0 Å². The average molecular weight is 419 g/mol. The molecule has 31 heavy (non-hydrogen) atoms. The van der Waals surface area contributed by atoms with Crippen LogP contribution in [0.4, 0.5) is 5.69 Å². The molecule has 4 rings (SSSR count). The van der Waals surface area contributed by atoms with E-state index in [1.54, 1.807) is 52.2 Å². The highest BCUT2D eigenvalue weighted by atomic mass is 16.5. The molecule has 2 aromatic heterocycles. The van der Waals surface area contributed by atoms with Gasteiger partial charge in [-0.1, -0.05) is 24.1 Å². The molecule has 1 aliphatic heterocycles. The van der Waals surface area contributed by atoms with Gasteiger partial charge in [0.2, 0.25) is 5.60 Å². The number of anilines is 1. The van der Waals surface area contributed by atoms with Crippen molar-refractivity contribution in [2.24, 2.45) is 7.05 Å². The van der Waals surface area contributed by atoms with Gasteiger partial charge in [-0.2, -0.15) is 0 Å². The Labute approximate surface area is 178 Å². The minimum Gasteiger partial charge on any atom is -0.462 e. The topological polar surface area (TPSA) is 105 Å². The molecule has 0 spiro atoms. The van der Waals surface area contributed by atoms with Crippen LogP contribution in [0.15, 0.2) is 35.3 Å². The number of aromatic amines is 1. The molecule has 1 aromatic carbocycles. The first-order valence-electron chi connectivity index (χ1n) is 9.73. The summed E-state index contributed by atoms with van der Waals surface area (Å²) in [7, 11) is 3.13. The number of nitrogens with one attached hydrogen (secondary N) is 1. The molecule has 1 aliphatic rings. The van der Waals surface area contributed by atoms with Crippen molar-refractivity contribution in [3.63, 3.8) is 0 Å². The van der Waals surface area contributed by atoms with E-state index in [1.807, 2.05) is 0 Å². The fourth-order valence-electron chi connectivity index (χ4n) is 3.92. The zero-order chi connectivity index (χ0) is 22.5. The maximum Gasteiger partial charge on any atom is 0.340 e. The van der Waals surface area contributed by atoms with E-state index in [4.69, 9.17) is 4.74 Å². The molecule has 0 fully saturated rings. The fourth-order valence-corrected chi connectivity index (χ4v) is 3.92. The number of benzene rings is 1. The molecule has 8 heteroatoms. The number of hydrogen-bond donors (Lipinski definition) is 2. The van der Waals surface area contributed by atoms with Gasteiger partial charge in [0.25, 0.3) is 11.5 Å². The Kier molecular flexibility index (Phi) is 4.71. The highest BCUT2D eigenvalue weighted by molar-refractivity contribution is 6.09. The summed E-state index contributed by atoms with van der Waals surface area (Å²) in [5.41, 5.74) is -0.218. The van der Waals surface area contributed by atoms with Crippen molar-refractivity contribution in [2.45, 2.75) is 19.4 Å². The molecule has 3 heterocycles. The molecule has 0 bridgehead atoms. The summed E-state index contributed by atoms with van der Waals surface area (Å²) in [4.78, 5) is 42.3. The number of hydrogen-bond acceptors (Lipinski definition) is 5. The maximum absolute atomic E-state index is 12.8. The largest absolute Gasteiger partial charge is 0.462 e. The Bertz CT molecular complexity index is 1370. The molecular weight excluding hydrogens is 398 g/mol. The van der Waals surface area contributed by atoms with Crippen molar-refractivity contribution >= 4 is 28.5 Å². The van der Waals surface area contributed by atoms with Gasteiger partial charge in [0.1, 0.15) is 5.52 Å². The van der Waals surface area contributed by atoms with Crippen LogP contribution in [0.5, 0.6) is 0 Å². The SMILES string of the molecule is CCOC(=O)c1c(C)[nH]c2c(=O)n(C)cc(C#CC3(O)C(=O)N(C)c4ccccc43)c12. The molecule has 0 saturated heterocycles. The smallest absolute Gasteiger partial charge is 0.340 e. The van der Waals surface area contributed by atoms with E-state index in [-0.39, 0.29) is 23.2 Å². The van der Waals surface area contributed by atoms with E-state index >= 15 is 0 Å². The number of likely N-dealkylation sites (N-methyl/N-ethyl adjacent to an activating group) is 1. The van der Waals surface area contributed by atoms with Crippen molar-refractivity contribution in [2.75, 3.05) is 18.6 Å². The molecule has 158 valence electrons. The van der Waals surface area contributed by atoms with Gasteiger partial charge in [0, 0.05) is 36.9 Å². The van der Waals surface area contributed by atoms with Gasteiger partial charge in [-0.25, -0.2) is 4.79 Å². The number of carbonyl (C=O) groups excluding carboxylic acids is 2. The molecular formula is C23H21N3O5. The van der Waals surface area contributed by atoms with Crippen LogP contribution in [0.1, 0.15) is 34.1 Å². The lowest BCUT2D eigenvalue weighted by atomic mass is 9.95. The molecule has 0 saturated carbocycles. The van der Waals surface area contributed by atoms with Gasteiger partial charge in [0.15, 0.2) is 0 Å². The molecule has 8 nitrogen and oxygen atoms in total. The summed E-state index contributed by atoms with van der Waals surface area (Å²) < 4.78 is 6.48. The lowest BCUT2D eigenvalue weighted by Gasteiger charge is -2.14. The van der Waals surface area contributed by atoms with Crippen LogP contribution in [-0.2, 0) is 22.2 Å². The predicted molar refractivity (Wildman–Crippen MR) is 115 cm³/mol. The van der Waals surface area contributed by atoms with Crippen molar-refractivity contribution in [1.29, 1.82) is 0 Å². The standard InChI is InChI=1S/C23H21N3O5/c1-5-31-21(28)17-13(2)24-19-18(17)14(12-25(3)20(19)27)10-11-23(30)15-8-6-7-9-16(15)26(4)22(23)29/h6-9,12,24,30H,5H2,1-4H3. The van der Waals surface area contributed by atoms with E-state index in [1.165, 1.54) is 15.7 Å². The van der Waals surface area contributed by atoms with E-state index in [2.05, 4.69) is 16.8 Å². The number of fused-ring (bicyclic) bond motifs is 2. The van der Waals surface area contributed by atoms with Crippen LogP contribution in [0.25, 0.3) is 10.9 Å². The minimum absolute atomic E-state index is 0.175. The highest BCUT2D eigenvalue weighted by Gasteiger charge is 2.47. The predicted octanol–water partition coefficient (Wildman–Crippen LogP) is 1.57. The Hall–Kier alpha value is -3.83. The molecule has 1 atom stereocenters. The highest BCUT2D eigenvalue weighted by Crippen LogP contribution is 2.39. The number of pyridine rings is 1. The third-order valence-electron chi connectivity index (χ3n) is 5.44. The number of esters is 1. The summed E-state index contributed by atoms with van der Waals surface area (Å²) in [5, 5.41) is 11.5. The van der Waals surface area contributed by atoms with Crippen LogP contribution >= 0.6 is 0 Å². The first kappa shape index (κ1) is 20.4. The van der Waals surface area contributed by atoms with Crippen LogP contribution in [0, 0.1) is 18.8 Å². The van der Waals surface area contributed by atoms with Gasteiger partial charge in [0.05, 0.1) is 23.4 Å². The monoisotopic (exact) mass is 419 g/mol. The number of amides is 1. The zero-order valence-corrected chi connectivity index (χ0v) is 17.6. The Morgan fingerprint density at radius 2 is 1.97 bits per heavy atom. The van der Waals surface area contributed by atoms with Gasteiger partial charge in [-0.05, 0) is 25.8 Å². The number of aromatic nitrogens is 2. The molecule has 3 aromatic rings. The third-order valence-corrected chi connectivity index (χ3v) is 5.44. The maximum atomic E-state index is 12.8. The van der Waals surface area contributed by atoms with E-state index in [0.29, 0.717) is 27.9 Å². The summed E-state index contributed by atoms with van der Waals surface area (Å²) >= 11 is 0. The van der Waals surface area contributed by atoms with Gasteiger partial charge >= 0.3 is 5.97 Å². The number of H-pyrrole nitrogens is 1. The second-order valence-electron chi connectivity index (χ2n) is 7.40. The Morgan fingerprint density at radius 3 is 2.68 bits per heavy atom. The minimum atomic E-state index is -2.04. The lowest BCUT2D eigenvalue weighted by Crippen LogP contribution is -2.37. The van der Waals surface area contributed by atoms with Crippen molar-refractivity contribution in [3.05, 3.63) is 63.2 Å². The van der Waals surface area contributed by atoms with Gasteiger partial charge in [-0.15, -0.1) is 0 Å². The van der Waals surface area contributed by atoms with Crippen molar-refractivity contribution < 1.29 is 19.4 Å². The number of ether oxygens (including phenoxy) is 1. The normalized spacial score (nSPS) is 17.5. The Morgan fingerprint density at radius 1 is 1.26 bits per heavy atom. The van der Waals surface area contributed by atoms with Crippen molar-refractivity contribution in [3.8, 4) is 11.8 Å². The molecule has 0 radical (unpaired) electrons. The summed E-state index contributed by atoms with van der Waals surface area (Å²) in [5.74, 6) is 4.38. The lowest BCUT2D eigenvalue weighted by molar-refractivity contribution is -0.130. The number of carbonyl (C=O) groups is 2. The van der Waals surface area contributed by atoms with Crippen LogP contribution in [0.2, 0.25) is 0 Å². The zero-order valence-electron chi connectivity index (χ0n) is 17.6. The number of aryl methyl sites for hydroxylation is 2. The van der Waals surface area contributed by atoms with Crippen LogP contribution < -0.4 is 10.5 Å². The number of aliphatic hydroxyl groups is 1. The summed E-state index contributed by atoms with van der Waals surface area (Å²) in [6.07, 6.45) is 1.48. The fraction of sp³-hybridized carbons (Fsp3) is 0.261. The first-order valence-corrected chi connectivity index (χ1v) is 9.73. The Balaban J connectivity index is 1.97. The van der Waals surface area contributed by atoms with Gasteiger partial charge in [-0.3, -0.25) is 9.59 Å². The van der Waals surface area contributed by atoms with E-state index in [0.717, 1.165) is 0 Å². The molecule has 2 N–H and O–H groups in total. The average Bonchev–Trinajstić information content (AvgIpc) is 3.19. The first-order chi connectivity index (χ1) is 14.7. The van der Waals surface area contributed by atoms with Crippen molar-refractivity contribution in [1.82, 2.24) is 9.55 Å². The number of para-hydroxylation sites is 1. The third kappa shape index (κ3) is 2.94. The second kappa shape index (κ2) is 7.15. The molecule has 1 unspecified atom stereocenters. The number of rotatable bonds is 2. The molecule has 1 amide bonds. The van der Waals surface area contributed by atoms with Crippen LogP contribution in [-0.4, -0.2) is 40.2 Å². The molecule has 0 aliphatic carbocycles. The second-order valence-corrected chi connectivity index (χ2v) is 7.40. The summed E-state index contributed by atoms with van der Waals surface area (Å²) in [6.45, 7) is 3.54. The quantitative estimate of drug-likeness (QED) is 0.485.